The van der Waals surface area contributed by atoms with Crippen molar-refractivity contribution < 1.29 is 4.74 Å². The number of anilines is 2. The third-order valence-electron chi connectivity index (χ3n) is 2.90. The number of fused-ring (bicyclic) bond motifs is 1. The number of nitrogens with zero attached hydrogens (tertiary/aromatic N) is 2. The summed E-state index contributed by atoms with van der Waals surface area (Å²) in [5.41, 5.74) is 12.6. The van der Waals surface area contributed by atoms with Crippen LogP contribution in [0.3, 0.4) is 0 Å². The van der Waals surface area contributed by atoms with Gasteiger partial charge in [0.15, 0.2) is 11.2 Å². The number of methoxy groups -OCH3 is 1. The third kappa shape index (κ3) is 1.83. The Morgan fingerprint density at radius 1 is 1.20 bits per heavy atom. The first kappa shape index (κ1) is 12.0. The summed E-state index contributed by atoms with van der Waals surface area (Å²) in [6, 6.07) is 5.17. The van der Waals surface area contributed by atoms with E-state index in [1.54, 1.807) is 25.3 Å². The van der Waals surface area contributed by atoms with E-state index in [0.717, 1.165) is 0 Å². The van der Waals surface area contributed by atoms with Gasteiger partial charge in [0.05, 0.1) is 7.11 Å². The Morgan fingerprint density at radius 2 is 2.00 bits per heavy atom. The first-order valence-electron chi connectivity index (χ1n) is 5.78. The smallest absolute Gasteiger partial charge is 0.278 e. The summed E-state index contributed by atoms with van der Waals surface area (Å²) in [5, 5.41) is 0. The summed E-state index contributed by atoms with van der Waals surface area (Å²) < 4.78 is 5.15. The van der Waals surface area contributed by atoms with Gasteiger partial charge in [0.1, 0.15) is 11.6 Å². The summed E-state index contributed by atoms with van der Waals surface area (Å²) in [4.78, 5) is 25.2. The zero-order chi connectivity index (χ0) is 14.3. The van der Waals surface area contributed by atoms with Gasteiger partial charge in [-0.25, -0.2) is 4.98 Å². The Kier molecular flexibility index (Phi) is 2.56. The highest BCUT2D eigenvalue weighted by Crippen LogP contribution is 2.28. The molecule has 0 saturated carbocycles. The van der Waals surface area contributed by atoms with Crippen molar-refractivity contribution in [1.82, 2.24) is 19.9 Å². The number of hydrogen-bond donors (Lipinski definition) is 4. The fraction of sp³-hybridized carbons (Fsp3) is 0.0833. The van der Waals surface area contributed by atoms with Crippen LogP contribution >= 0.6 is 0 Å². The Morgan fingerprint density at radius 3 is 2.75 bits per heavy atom. The number of nitrogens with one attached hydrogen (secondary N) is 2. The number of aromatic amines is 2. The molecule has 0 unspecified atom stereocenters. The Balaban J connectivity index is 2.25. The minimum Gasteiger partial charge on any atom is -0.497 e. The number of H-pyrrole nitrogens is 2. The van der Waals surface area contributed by atoms with Crippen LogP contribution in [-0.4, -0.2) is 27.0 Å². The Labute approximate surface area is 112 Å². The number of ether oxygens (including phenoxy) is 1. The molecule has 2 aromatic heterocycles. The van der Waals surface area contributed by atoms with Crippen LogP contribution in [0.4, 0.5) is 11.6 Å². The van der Waals surface area contributed by atoms with Crippen LogP contribution in [0.2, 0.25) is 0 Å². The van der Waals surface area contributed by atoms with Crippen molar-refractivity contribution >= 4 is 22.8 Å². The normalized spacial score (nSPS) is 10.8. The van der Waals surface area contributed by atoms with Gasteiger partial charge in [-0.1, -0.05) is 0 Å². The van der Waals surface area contributed by atoms with E-state index in [-0.39, 0.29) is 22.7 Å². The number of hydrogen-bond acceptors (Lipinski definition) is 6. The van der Waals surface area contributed by atoms with E-state index in [9.17, 15) is 4.79 Å². The Hall–Kier alpha value is -3.03. The molecule has 1 aromatic carbocycles. The second kappa shape index (κ2) is 4.26. The molecular formula is C12H12N6O2. The van der Waals surface area contributed by atoms with E-state index in [4.69, 9.17) is 16.2 Å². The molecule has 0 spiro atoms. The van der Waals surface area contributed by atoms with Crippen molar-refractivity contribution in [1.29, 1.82) is 0 Å². The standard InChI is InChI=1S/C12H12N6O2/c1-20-5-2-3-7(13)6(4-5)9-15-8-10(16-9)17-12(14)18-11(8)19/h2-4H,13H2,1H3,(H4,14,15,16,17,18,19). The molecule has 0 amide bonds. The van der Waals surface area contributed by atoms with E-state index in [2.05, 4.69) is 19.9 Å². The highest BCUT2D eigenvalue weighted by atomic mass is 16.5. The van der Waals surface area contributed by atoms with Gasteiger partial charge >= 0.3 is 0 Å². The maximum absolute atomic E-state index is 11.7. The first-order chi connectivity index (χ1) is 9.58. The molecule has 0 aliphatic rings. The highest BCUT2D eigenvalue weighted by Gasteiger charge is 2.13. The molecule has 0 fully saturated rings. The van der Waals surface area contributed by atoms with Gasteiger partial charge in [-0.05, 0) is 18.2 Å². The lowest BCUT2D eigenvalue weighted by molar-refractivity contribution is 0.415. The number of aromatic nitrogens is 4. The summed E-state index contributed by atoms with van der Waals surface area (Å²) in [6.45, 7) is 0. The molecule has 0 radical (unpaired) electrons. The van der Waals surface area contributed by atoms with Crippen molar-refractivity contribution in [3.63, 3.8) is 0 Å². The van der Waals surface area contributed by atoms with Crippen LogP contribution in [0.25, 0.3) is 22.6 Å². The van der Waals surface area contributed by atoms with Crippen molar-refractivity contribution in [2.24, 2.45) is 0 Å². The number of nitrogen functional groups attached to an aromatic ring is 2. The average molecular weight is 272 g/mol. The maximum Gasteiger partial charge on any atom is 0.278 e. The van der Waals surface area contributed by atoms with Gasteiger partial charge < -0.3 is 21.2 Å². The monoisotopic (exact) mass is 272 g/mol. The molecule has 3 rings (SSSR count). The number of imidazole rings is 1. The van der Waals surface area contributed by atoms with Gasteiger partial charge in [0, 0.05) is 11.3 Å². The first-order valence-corrected chi connectivity index (χ1v) is 5.78. The predicted octanol–water partition coefficient (Wildman–Crippen LogP) is 0.486. The molecule has 0 atom stereocenters. The number of benzene rings is 1. The zero-order valence-electron chi connectivity index (χ0n) is 10.6. The Bertz CT molecular complexity index is 851. The quantitative estimate of drug-likeness (QED) is 0.501. The molecule has 8 nitrogen and oxygen atoms in total. The molecule has 0 saturated heterocycles. The van der Waals surface area contributed by atoms with Crippen LogP contribution in [0, 0.1) is 0 Å². The van der Waals surface area contributed by atoms with E-state index in [0.29, 0.717) is 22.8 Å². The maximum atomic E-state index is 11.7. The van der Waals surface area contributed by atoms with Crippen LogP contribution in [-0.2, 0) is 0 Å². The molecule has 3 aromatic rings. The zero-order valence-corrected chi connectivity index (χ0v) is 10.6. The lowest BCUT2D eigenvalue weighted by Gasteiger charge is -2.05. The molecule has 0 bridgehead atoms. The molecule has 20 heavy (non-hydrogen) atoms. The van der Waals surface area contributed by atoms with Crippen LogP contribution in [0.5, 0.6) is 5.75 Å². The number of nitrogens with two attached hydrogens (primary N) is 2. The minimum atomic E-state index is -0.382. The van der Waals surface area contributed by atoms with Crippen LogP contribution in [0.15, 0.2) is 23.0 Å². The summed E-state index contributed by atoms with van der Waals surface area (Å²) >= 11 is 0. The SMILES string of the molecule is COc1ccc(N)c(-c2nc3nc(N)[nH]c(=O)c3[nH]2)c1. The molecule has 0 aliphatic carbocycles. The fourth-order valence-corrected chi connectivity index (χ4v) is 1.92. The van der Waals surface area contributed by atoms with Crippen molar-refractivity contribution in [3.8, 4) is 17.1 Å². The lowest BCUT2D eigenvalue weighted by Crippen LogP contribution is -2.10. The van der Waals surface area contributed by atoms with Gasteiger partial charge in [-0.2, -0.15) is 4.98 Å². The minimum absolute atomic E-state index is 0.0131. The van der Waals surface area contributed by atoms with E-state index < -0.39 is 0 Å². The fourth-order valence-electron chi connectivity index (χ4n) is 1.92. The highest BCUT2D eigenvalue weighted by molar-refractivity contribution is 5.80. The largest absolute Gasteiger partial charge is 0.497 e. The van der Waals surface area contributed by atoms with Gasteiger partial charge in [0.2, 0.25) is 5.95 Å². The molecule has 102 valence electrons. The van der Waals surface area contributed by atoms with E-state index in [1.807, 2.05) is 0 Å². The van der Waals surface area contributed by atoms with E-state index >= 15 is 0 Å². The second-order valence-electron chi connectivity index (χ2n) is 4.19. The summed E-state index contributed by atoms with van der Waals surface area (Å²) in [7, 11) is 1.56. The van der Waals surface area contributed by atoms with Crippen molar-refractivity contribution in [3.05, 3.63) is 28.6 Å². The second-order valence-corrected chi connectivity index (χ2v) is 4.19. The molecular weight excluding hydrogens is 260 g/mol. The third-order valence-corrected chi connectivity index (χ3v) is 2.90. The summed E-state index contributed by atoms with van der Waals surface area (Å²) in [6.07, 6.45) is 0. The van der Waals surface area contributed by atoms with Crippen molar-refractivity contribution in [2.45, 2.75) is 0 Å². The lowest BCUT2D eigenvalue weighted by atomic mass is 10.1. The average Bonchev–Trinajstić information content (AvgIpc) is 2.83. The van der Waals surface area contributed by atoms with Crippen molar-refractivity contribution in [2.75, 3.05) is 18.6 Å². The van der Waals surface area contributed by atoms with Crippen LogP contribution < -0.4 is 21.8 Å². The van der Waals surface area contributed by atoms with Gasteiger partial charge in [0.25, 0.3) is 5.56 Å². The molecule has 0 aliphatic heterocycles. The number of rotatable bonds is 2. The van der Waals surface area contributed by atoms with Gasteiger partial charge in [-0.3, -0.25) is 9.78 Å². The topological polar surface area (TPSA) is 136 Å². The molecule has 6 N–H and O–H groups in total. The predicted molar refractivity (Wildman–Crippen MR) is 75.3 cm³/mol. The van der Waals surface area contributed by atoms with Crippen LogP contribution in [0.1, 0.15) is 0 Å². The van der Waals surface area contributed by atoms with Gasteiger partial charge in [-0.15, -0.1) is 0 Å². The molecule has 2 heterocycles. The molecule has 8 heteroatoms. The van der Waals surface area contributed by atoms with E-state index in [1.165, 1.54) is 0 Å². The summed E-state index contributed by atoms with van der Waals surface area (Å²) in [5.74, 6) is 1.08.